The maximum absolute atomic E-state index is 12.8. The molecule has 1 aromatic heterocycles. The highest BCUT2D eigenvalue weighted by atomic mass is 35.5. The highest BCUT2D eigenvalue weighted by molar-refractivity contribution is 5.85. The molecule has 0 unspecified atom stereocenters. The number of benzene rings is 2. The van der Waals surface area contributed by atoms with Crippen LogP contribution in [0.3, 0.4) is 0 Å². The molecule has 3 aromatic rings. The molecular formula is C23H30ClN3O5. The number of hydrogen-bond acceptors (Lipinski definition) is 7. The lowest BCUT2D eigenvalue weighted by Crippen LogP contribution is -2.24. The molecule has 0 saturated heterocycles. The van der Waals surface area contributed by atoms with Gasteiger partial charge in [-0.25, -0.2) is 4.98 Å². The van der Waals surface area contributed by atoms with E-state index in [1.54, 1.807) is 51.5 Å². The second kappa shape index (κ2) is 12.2. The lowest BCUT2D eigenvalue weighted by atomic mass is 10.1. The molecular weight excluding hydrogens is 434 g/mol. The van der Waals surface area contributed by atoms with Crippen LogP contribution in [0.4, 0.5) is 0 Å². The van der Waals surface area contributed by atoms with Crippen molar-refractivity contribution in [2.75, 3.05) is 41.5 Å². The molecule has 9 heteroatoms. The van der Waals surface area contributed by atoms with E-state index in [-0.39, 0.29) is 18.0 Å². The molecule has 0 radical (unpaired) electrons. The van der Waals surface area contributed by atoms with E-state index in [0.717, 1.165) is 37.4 Å². The van der Waals surface area contributed by atoms with Gasteiger partial charge in [-0.05, 0) is 49.7 Å². The van der Waals surface area contributed by atoms with Crippen LogP contribution in [0.25, 0.3) is 10.9 Å². The van der Waals surface area contributed by atoms with Crippen molar-refractivity contribution in [3.63, 3.8) is 0 Å². The molecule has 3 rings (SSSR count). The third kappa shape index (κ3) is 5.83. The number of nitrogens with one attached hydrogen (secondary N) is 1. The molecule has 0 spiro atoms. The van der Waals surface area contributed by atoms with E-state index < -0.39 is 0 Å². The molecule has 0 atom stereocenters. The predicted molar refractivity (Wildman–Crippen MR) is 127 cm³/mol. The number of hydrogen-bond donors (Lipinski definition) is 1. The van der Waals surface area contributed by atoms with E-state index in [2.05, 4.69) is 10.3 Å². The molecule has 0 amide bonds. The molecule has 2 aromatic carbocycles. The van der Waals surface area contributed by atoms with Crippen LogP contribution in [-0.2, 0) is 13.0 Å². The fraction of sp³-hybridized carbons (Fsp3) is 0.391. The van der Waals surface area contributed by atoms with Gasteiger partial charge in [0.15, 0.2) is 23.0 Å². The largest absolute Gasteiger partial charge is 0.493 e. The van der Waals surface area contributed by atoms with Crippen LogP contribution in [0.2, 0.25) is 0 Å². The van der Waals surface area contributed by atoms with Gasteiger partial charge in [0.25, 0.3) is 5.56 Å². The Balaban J connectivity index is 0.00000363. The summed E-state index contributed by atoms with van der Waals surface area (Å²) < 4.78 is 22.8. The van der Waals surface area contributed by atoms with Crippen molar-refractivity contribution in [1.82, 2.24) is 14.9 Å². The summed E-state index contributed by atoms with van der Waals surface area (Å²) in [7, 11) is 6.37. The summed E-state index contributed by atoms with van der Waals surface area (Å²) in [5.74, 6) is 2.53. The first kappa shape index (κ1) is 25.3. The number of methoxy groups -OCH3 is 4. The van der Waals surface area contributed by atoms with Gasteiger partial charge in [0.05, 0.1) is 45.7 Å². The molecule has 0 aliphatic carbocycles. The molecule has 8 nitrogen and oxygen atoms in total. The van der Waals surface area contributed by atoms with Gasteiger partial charge >= 0.3 is 0 Å². The van der Waals surface area contributed by atoms with Crippen molar-refractivity contribution < 1.29 is 18.9 Å². The van der Waals surface area contributed by atoms with Crippen molar-refractivity contribution in [1.29, 1.82) is 0 Å². The number of aryl methyl sites for hydroxylation is 1. The molecule has 1 N–H and O–H groups in total. The average Bonchev–Trinajstić information content (AvgIpc) is 2.81. The Morgan fingerprint density at radius 2 is 1.53 bits per heavy atom. The quantitative estimate of drug-likeness (QED) is 0.437. The second-order valence-electron chi connectivity index (χ2n) is 7.01. The van der Waals surface area contributed by atoms with Crippen molar-refractivity contribution in [2.45, 2.75) is 19.4 Å². The van der Waals surface area contributed by atoms with E-state index in [9.17, 15) is 4.79 Å². The molecule has 32 heavy (non-hydrogen) atoms. The van der Waals surface area contributed by atoms with Crippen LogP contribution < -0.4 is 29.8 Å². The van der Waals surface area contributed by atoms with E-state index in [4.69, 9.17) is 18.9 Å². The normalized spacial score (nSPS) is 10.5. The molecule has 0 aliphatic rings. The maximum Gasteiger partial charge on any atom is 0.261 e. The Morgan fingerprint density at radius 3 is 2.22 bits per heavy atom. The molecule has 174 valence electrons. The average molecular weight is 464 g/mol. The van der Waals surface area contributed by atoms with Crippen LogP contribution in [0, 0.1) is 0 Å². The Morgan fingerprint density at radius 1 is 0.875 bits per heavy atom. The fourth-order valence-electron chi connectivity index (χ4n) is 3.41. The number of nitrogens with zero attached hydrogens (tertiary/aromatic N) is 2. The van der Waals surface area contributed by atoms with Gasteiger partial charge in [0.1, 0.15) is 0 Å². The third-order valence-corrected chi connectivity index (χ3v) is 5.12. The van der Waals surface area contributed by atoms with Crippen LogP contribution in [0.5, 0.6) is 23.0 Å². The van der Waals surface area contributed by atoms with Crippen LogP contribution in [-0.4, -0.2) is 51.1 Å². The summed E-state index contributed by atoms with van der Waals surface area (Å²) in [4.78, 5) is 17.2. The Bertz CT molecular complexity index is 1090. The van der Waals surface area contributed by atoms with E-state index in [0.29, 0.717) is 28.9 Å². The number of rotatable bonds is 11. The van der Waals surface area contributed by atoms with E-state index >= 15 is 0 Å². The van der Waals surface area contributed by atoms with Crippen molar-refractivity contribution in [2.24, 2.45) is 0 Å². The monoisotopic (exact) mass is 463 g/mol. The predicted octanol–water partition coefficient (Wildman–Crippen LogP) is 3.08. The smallest absolute Gasteiger partial charge is 0.261 e. The summed E-state index contributed by atoms with van der Waals surface area (Å²) in [6.45, 7) is 2.21. The Kier molecular flexibility index (Phi) is 9.61. The van der Waals surface area contributed by atoms with Gasteiger partial charge in [-0.1, -0.05) is 6.07 Å². The van der Waals surface area contributed by atoms with Gasteiger partial charge in [-0.3, -0.25) is 9.36 Å². The summed E-state index contributed by atoms with van der Waals surface area (Å²) in [5, 5.41) is 3.93. The molecule has 0 aliphatic heterocycles. The van der Waals surface area contributed by atoms with E-state index in [1.165, 1.54) is 5.56 Å². The first-order valence-corrected chi connectivity index (χ1v) is 10.1. The van der Waals surface area contributed by atoms with Crippen molar-refractivity contribution >= 4 is 23.3 Å². The lowest BCUT2D eigenvalue weighted by molar-refractivity contribution is 0.354. The molecule has 1 heterocycles. The number of halogens is 1. The van der Waals surface area contributed by atoms with Crippen molar-refractivity contribution in [3.8, 4) is 23.0 Å². The van der Waals surface area contributed by atoms with Gasteiger partial charge in [0.2, 0.25) is 0 Å². The first-order chi connectivity index (χ1) is 15.1. The van der Waals surface area contributed by atoms with Gasteiger partial charge in [0, 0.05) is 12.6 Å². The Hall–Kier alpha value is -2.97. The minimum Gasteiger partial charge on any atom is -0.493 e. The van der Waals surface area contributed by atoms with Crippen LogP contribution in [0.1, 0.15) is 12.0 Å². The summed E-state index contributed by atoms with van der Waals surface area (Å²) in [6.07, 6.45) is 3.27. The molecule has 0 fully saturated rings. The summed E-state index contributed by atoms with van der Waals surface area (Å²) in [6, 6.07) is 9.34. The maximum atomic E-state index is 12.8. The number of fused-ring (bicyclic) bond motifs is 1. The number of ether oxygens (including phenoxy) is 4. The summed E-state index contributed by atoms with van der Waals surface area (Å²) >= 11 is 0. The standard InChI is InChI=1S/C23H29N3O5.ClH/c1-28-19-7-6-16(12-20(19)29-2)8-10-24-9-5-11-26-15-25-18-14-22(31-4)21(30-3)13-17(18)23(26)27;/h6-7,12-15,24H,5,8-11H2,1-4H3;1H. The van der Waals surface area contributed by atoms with Gasteiger partial charge in [-0.2, -0.15) is 0 Å². The minimum atomic E-state index is -0.0868. The van der Waals surface area contributed by atoms with Crippen LogP contribution in [0.15, 0.2) is 41.5 Å². The zero-order valence-corrected chi connectivity index (χ0v) is 19.7. The highest BCUT2D eigenvalue weighted by Crippen LogP contribution is 2.30. The fourth-order valence-corrected chi connectivity index (χ4v) is 3.41. The topological polar surface area (TPSA) is 83.8 Å². The van der Waals surface area contributed by atoms with Gasteiger partial charge in [-0.15, -0.1) is 12.4 Å². The molecule has 0 bridgehead atoms. The first-order valence-electron chi connectivity index (χ1n) is 10.1. The minimum absolute atomic E-state index is 0. The van der Waals surface area contributed by atoms with Gasteiger partial charge < -0.3 is 24.3 Å². The number of aromatic nitrogens is 2. The van der Waals surface area contributed by atoms with Crippen LogP contribution >= 0.6 is 12.4 Å². The molecule has 0 saturated carbocycles. The zero-order chi connectivity index (χ0) is 22.2. The zero-order valence-electron chi connectivity index (χ0n) is 18.8. The van der Waals surface area contributed by atoms with Crippen molar-refractivity contribution in [3.05, 3.63) is 52.6 Å². The van der Waals surface area contributed by atoms with E-state index in [1.807, 2.05) is 18.2 Å². The summed E-state index contributed by atoms with van der Waals surface area (Å²) in [5.41, 5.74) is 1.67. The highest BCUT2D eigenvalue weighted by Gasteiger charge is 2.11. The lowest BCUT2D eigenvalue weighted by Gasteiger charge is -2.11. The second-order valence-corrected chi connectivity index (χ2v) is 7.01. The third-order valence-electron chi connectivity index (χ3n) is 5.12. The Labute approximate surface area is 193 Å². The SMILES string of the molecule is COc1ccc(CCNCCCn2cnc3cc(OC)c(OC)cc3c2=O)cc1OC.Cl.